The van der Waals surface area contributed by atoms with Gasteiger partial charge >= 0.3 is 10.2 Å². The first-order valence-corrected chi connectivity index (χ1v) is 19.1. The fraction of sp³-hybridized carbons (Fsp3) is 0.242. The van der Waals surface area contributed by atoms with Gasteiger partial charge in [-0.15, -0.1) is 15.6 Å². The van der Waals surface area contributed by atoms with Crippen LogP contribution in [0.1, 0.15) is 16.8 Å². The fourth-order valence-electron chi connectivity index (χ4n) is 5.22. The average molecular weight is 747 g/mol. The summed E-state index contributed by atoms with van der Waals surface area (Å²) in [5.41, 5.74) is -0.604. The van der Waals surface area contributed by atoms with Gasteiger partial charge in [0.05, 0.1) is 23.0 Å². The minimum atomic E-state index is -5.29. The number of halogens is 2. The van der Waals surface area contributed by atoms with E-state index < -0.39 is 52.4 Å². The molecule has 4 aromatic carbocycles. The molecular formula is C33H32F2N4O8S3. The third-order valence-corrected chi connectivity index (χ3v) is 11.2. The molecule has 1 fully saturated rings. The van der Waals surface area contributed by atoms with E-state index in [2.05, 4.69) is 10.2 Å². The molecule has 1 saturated heterocycles. The number of sulfonamides is 1. The van der Waals surface area contributed by atoms with Crippen molar-refractivity contribution in [2.45, 2.75) is 27.1 Å². The molecule has 1 unspecified atom stereocenters. The van der Waals surface area contributed by atoms with Crippen molar-refractivity contribution in [1.82, 2.24) is 9.62 Å². The highest BCUT2D eigenvalue weighted by Crippen LogP contribution is 2.32. The first kappa shape index (κ1) is 36.9. The molecule has 1 atom stereocenters. The summed E-state index contributed by atoms with van der Waals surface area (Å²) in [6, 6.07) is 20.1. The van der Waals surface area contributed by atoms with E-state index in [0.29, 0.717) is 31.5 Å². The van der Waals surface area contributed by atoms with Crippen LogP contribution in [0.2, 0.25) is 0 Å². The minimum absolute atomic E-state index is 0.116. The predicted molar refractivity (Wildman–Crippen MR) is 184 cm³/mol. The molecule has 0 radical (unpaired) electrons. The zero-order valence-electron chi connectivity index (χ0n) is 26.3. The van der Waals surface area contributed by atoms with Gasteiger partial charge in [-0.25, -0.2) is 17.5 Å². The number of hydrogen-bond acceptors (Lipinski definition) is 11. The Morgan fingerprint density at radius 2 is 1.66 bits per heavy atom. The van der Waals surface area contributed by atoms with Gasteiger partial charge in [0.1, 0.15) is 16.4 Å². The molecule has 1 heterocycles. The molecule has 0 aromatic heterocycles. The van der Waals surface area contributed by atoms with Crippen LogP contribution in [-0.2, 0) is 25.0 Å². The molecular weight excluding hydrogens is 715 g/mol. The third-order valence-electron chi connectivity index (χ3n) is 7.82. The fourth-order valence-corrected chi connectivity index (χ4v) is 7.91. The molecule has 1 aliphatic rings. The maximum absolute atomic E-state index is 13.8. The summed E-state index contributed by atoms with van der Waals surface area (Å²) in [5, 5.41) is 15.4. The van der Waals surface area contributed by atoms with E-state index in [9.17, 15) is 40.0 Å². The molecule has 0 spiro atoms. The Balaban J connectivity index is 1.32. The van der Waals surface area contributed by atoms with E-state index >= 15 is 0 Å². The topological polar surface area (TPSA) is 165 Å². The van der Waals surface area contributed by atoms with Crippen LogP contribution >= 0.6 is 11.8 Å². The van der Waals surface area contributed by atoms with Gasteiger partial charge in [0.15, 0.2) is 0 Å². The first-order chi connectivity index (χ1) is 23.8. The molecule has 0 aliphatic carbocycles. The summed E-state index contributed by atoms with van der Waals surface area (Å²) < 4.78 is 84.2. The van der Waals surface area contributed by atoms with Crippen molar-refractivity contribution < 1.29 is 39.6 Å². The van der Waals surface area contributed by atoms with Crippen LogP contribution in [0, 0.1) is 15.9 Å². The lowest BCUT2D eigenvalue weighted by Gasteiger charge is -2.29. The maximum Gasteiger partial charge on any atom is 0.332 e. The number of carbonyl (C=O) groups excluding carboxylic acids is 1. The van der Waals surface area contributed by atoms with Crippen LogP contribution < -0.4 is 10.0 Å². The summed E-state index contributed by atoms with van der Waals surface area (Å²) in [6.45, 7) is 3.54. The number of thioether (sulfide) groups is 1. The van der Waals surface area contributed by atoms with Crippen molar-refractivity contribution in [3.8, 4) is 11.1 Å². The quantitative estimate of drug-likeness (QED) is 0.0728. The maximum atomic E-state index is 13.8. The lowest BCUT2D eigenvalue weighted by Crippen LogP contribution is -2.39. The van der Waals surface area contributed by atoms with Gasteiger partial charge in [-0.3, -0.25) is 19.8 Å². The number of benzene rings is 4. The number of hydrogen-bond donors (Lipinski definition) is 2. The van der Waals surface area contributed by atoms with Crippen molar-refractivity contribution in [2.24, 2.45) is 0 Å². The van der Waals surface area contributed by atoms with Crippen molar-refractivity contribution >= 4 is 49.3 Å². The zero-order chi connectivity index (χ0) is 35.9. The number of rotatable bonds is 14. The number of nitro benzene ring substituents is 1. The molecule has 17 heteroatoms. The van der Waals surface area contributed by atoms with E-state index in [-0.39, 0.29) is 28.4 Å². The molecule has 12 nitrogen and oxygen atoms in total. The molecule has 1 amide bonds. The highest BCUT2D eigenvalue weighted by molar-refractivity contribution is 7.99. The van der Waals surface area contributed by atoms with Gasteiger partial charge in [0, 0.05) is 53.5 Å². The second-order valence-electron chi connectivity index (χ2n) is 11.2. The van der Waals surface area contributed by atoms with Crippen molar-refractivity contribution in [3.63, 3.8) is 0 Å². The largest absolute Gasteiger partial charge is 0.379 e. The predicted octanol–water partition coefficient (Wildman–Crippen LogP) is 5.47. The van der Waals surface area contributed by atoms with Gasteiger partial charge in [0.25, 0.3) is 21.6 Å². The Bertz CT molecular complexity index is 2060. The van der Waals surface area contributed by atoms with E-state index in [1.807, 2.05) is 35.1 Å². The van der Waals surface area contributed by atoms with Gasteiger partial charge < -0.3 is 10.1 Å². The molecule has 50 heavy (non-hydrogen) atoms. The Labute approximate surface area is 292 Å². The summed E-state index contributed by atoms with van der Waals surface area (Å²) in [7, 11) is -9.88. The summed E-state index contributed by atoms with van der Waals surface area (Å²) in [6.07, 6.45) is 0.651. The third kappa shape index (κ3) is 9.63. The monoisotopic (exact) mass is 746 g/mol. The van der Waals surface area contributed by atoms with Crippen molar-refractivity contribution in [3.05, 3.63) is 112 Å². The van der Waals surface area contributed by atoms with Crippen LogP contribution in [0.4, 0.5) is 19.7 Å². The standard InChI is InChI=1S/C33H32F2N4O8S3/c34-25-10-12-29(32(20-25)49(35,43)44)23-6-8-24(9-7-23)33(40)37-50(45,46)28-11-13-30(31(21-28)39(41)42)36-26(14-15-38-16-18-47-19-17-38)22-48-27-4-2-1-3-5-27/h1-13,20-21,26,36H,14-19,22H2,(H,37,40). The van der Waals surface area contributed by atoms with Crippen LogP contribution in [0.15, 0.2) is 106 Å². The highest BCUT2D eigenvalue weighted by Gasteiger charge is 2.26. The van der Waals surface area contributed by atoms with Crippen molar-refractivity contribution in [2.75, 3.05) is 43.9 Å². The first-order valence-electron chi connectivity index (χ1n) is 15.2. The average Bonchev–Trinajstić information content (AvgIpc) is 3.09. The lowest BCUT2D eigenvalue weighted by molar-refractivity contribution is -0.384. The Morgan fingerprint density at radius 1 is 0.960 bits per heavy atom. The number of anilines is 1. The Kier molecular flexibility index (Phi) is 11.8. The van der Waals surface area contributed by atoms with Crippen LogP contribution in [0.25, 0.3) is 11.1 Å². The van der Waals surface area contributed by atoms with Crippen LogP contribution in [-0.4, -0.2) is 77.2 Å². The van der Waals surface area contributed by atoms with Gasteiger partial charge in [0.2, 0.25) is 0 Å². The Morgan fingerprint density at radius 3 is 2.32 bits per heavy atom. The number of ether oxygens (including phenoxy) is 1. The zero-order valence-corrected chi connectivity index (χ0v) is 28.8. The number of nitrogens with one attached hydrogen (secondary N) is 2. The molecule has 0 bridgehead atoms. The normalized spacial score (nSPS) is 14.5. The lowest BCUT2D eigenvalue weighted by atomic mass is 10.0. The SMILES string of the molecule is O=C(NS(=O)(=O)c1ccc(NC(CCN2CCOCC2)CSc2ccccc2)c([N+](=O)[O-])c1)c1ccc(-c2ccc(F)cc2S(=O)(=O)F)cc1. The number of morpholine rings is 1. The van der Waals surface area contributed by atoms with E-state index in [4.69, 9.17) is 4.74 Å². The molecule has 5 rings (SSSR count). The highest BCUT2D eigenvalue weighted by atomic mass is 32.3. The Hall–Kier alpha value is -4.42. The van der Waals surface area contributed by atoms with Crippen LogP contribution in [0.5, 0.6) is 0 Å². The van der Waals surface area contributed by atoms with Gasteiger partial charge in [-0.05, 0) is 60.5 Å². The number of carbonyl (C=O) groups is 1. The molecule has 2 N–H and O–H groups in total. The second-order valence-corrected chi connectivity index (χ2v) is 15.3. The van der Waals surface area contributed by atoms with Gasteiger partial charge in [-0.2, -0.15) is 8.42 Å². The van der Waals surface area contributed by atoms with E-state index in [0.717, 1.165) is 60.9 Å². The summed E-state index contributed by atoms with van der Waals surface area (Å²) in [4.78, 5) is 26.2. The minimum Gasteiger partial charge on any atom is -0.379 e. The van der Waals surface area contributed by atoms with Crippen LogP contribution in [0.3, 0.4) is 0 Å². The molecule has 0 saturated carbocycles. The number of nitro groups is 1. The van der Waals surface area contributed by atoms with E-state index in [1.165, 1.54) is 18.2 Å². The summed E-state index contributed by atoms with van der Waals surface area (Å²) >= 11 is 1.59. The van der Waals surface area contributed by atoms with Gasteiger partial charge in [-0.1, -0.05) is 36.4 Å². The summed E-state index contributed by atoms with van der Waals surface area (Å²) in [5.74, 6) is -1.48. The number of nitrogens with zero attached hydrogens (tertiary/aromatic N) is 2. The van der Waals surface area contributed by atoms with E-state index in [1.54, 1.807) is 11.8 Å². The smallest absolute Gasteiger partial charge is 0.332 e. The molecule has 1 aliphatic heterocycles. The molecule has 4 aromatic rings. The number of amides is 1. The van der Waals surface area contributed by atoms with Crippen molar-refractivity contribution in [1.29, 1.82) is 0 Å². The second kappa shape index (κ2) is 16.1. The molecule has 264 valence electrons.